The largest absolute Gasteiger partial charge is 0.324 e. The van der Waals surface area contributed by atoms with E-state index in [9.17, 15) is 23.3 Å². The highest BCUT2D eigenvalue weighted by Gasteiger charge is 2.38. The van der Waals surface area contributed by atoms with E-state index in [-0.39, 0.29) is 30.1 Å². The molecule has 1 N–H and O–H groups in total. The number of amides is 1. The monoisotopic (exact) mass is 389 g/mol. The molecular formula is C18H19N3O5S. The minimum absolute atomic E-state index is 0.115. The fourth-order valence-corrected chi connectivity index (χ4v) is 4.33. The van der Waals surface area contributed by atoms with Crippen LogP contribution in [0.3, 0.4) is 0 Å². The van der Waals surface area contributed by atoms with Crippen molar-refractivity contribution in [2.75, 3.05) is 11.1 Å². The number of nitro benzene ring substituents is 1. The van der Waals surface area contributed by atoms with Gasteiger partial charge >= 0.3 is 0 Å². The van der Waals surface area contributed by atoms with Crippen molar-refractivity contribution in [1.29, 1.82) is 0 Å². The van der Waals surface area contributed by atoms with Crippen molar-refractivity contribution < 1.29 is 18.1 Å². The minimum Gasteiger partial charge on any atom is -0.324 e. The Morgan fingerprint density at radius 3 is 2.59 bits per heavy atom. The first kappa shape index (κ1) is 19.0. The molecule has 0 radical (unpaired) electrons. The van der Waals surface area contributed by atoms with Crippen LogP contribution in [0.2, 0.25) is 0 Å². The van der Waals surface area contributed by atoms with Crippen molar-refractivity contribution in [3.8, 4) is 0 Å². The minimum atomic E-state index is -3.61. The third-order valence-electron chi connectivity index (χ3n) is 4.55. The summed E-state index contributed by atoms with van der Waals surface area (Å²) in [4.78, 5) is 23.2. The van der Waals surface area contributed by atoms with Gasteiger partial charge in [-0.2, -0.15) is 4.31 Å². The summed E-state index contributed by atoms with van der Waals surface area (Å²) in [5.41, 5.74) is 1.88. The van der Waals surface area contributed by atoms with Gasteiger partial charge in [0.1, 0.15) is 6.04 Å². The number of sulfonamides is 1. The summed E-state index contributed by atoms with van der Waals surface area (Å²) in [5, 5.41) is 13.5. The van der Waals surface area contributed by atoms with E-state index < -0.39 is 26.9 Å². The van der Waals surface area contributed by atoms with Crippen LogP contribution in [0.1, 0.15) is 18.1 Å². The van der Waals surface area contributed by atoms with E-state index in [1.54, 1.807) is 0 Å². The zero-order chi connectivity index (χ0) is 19.6. The first-order valence-corrected chi connectivity index (χ1v) is 10.0. The Kier molecular flexibility index (Phi) is 5.24. The van der Waals surface area contributed by atoms with Gasteiger partial charge in [0.05, 0.1) is 10.7 Å². The zero-order valence-corrected chi connectivity index (χ0v) is 15.5. The maximum Gasteiger partial charge on any atom is 0.271 e. The van der Waals surface area contributed by atoms with E-state index in [1.807, 2.05) is 24.3 Å². The maximum absolute atomic E-state index is 12.8. The van der Waals surface area contributed by atoms with Gasteiger partial charge in [-0.3, -0.25) is 14.9 Å². The molecule has 27 heavy (non-hydrogen) atoms. The molecule has 3 rings (SSSR count). The lowest BCUT2D eigenvalue weighted by molar-refractivity contribution is -0.384. The van der Waals surface area contributed by atoms with Crippen LogP contribution in [0, 0.1) is 10.1 Å². The second kappa shape index (κ2) is 7.45. The Bertz CT molecular complexity index is 990. The molecule has 0 fully saturated rings. The van der Waals surface area contributed by atoms with Gasteiger partial charge in [-0.1, -0.05) is 30.3 Å². The summed E-state index contributed by atoms with van der Waals surface area (Å²) in [6.45, 7) is 1.66. The molecule has 0 aromatic heterocycles. The first-order chi connectivity index (χ1) is 12.8. The van der Waals surface area contributed by atoms with Crippen molar-refractivity contribution in [1.82, 2.24) is 4.31 Å². The van der Waals surface area contributed by atoms with Gasteiger partial charge in [-0.05, 0) is 30.5 Å². The van der Waals surface area contributed by atoms with Gasteiger partial charge in [0.2, 0.25) is 15.9 Å². The number of benzene rings is 2. The van der Waals surface area contributed by atoms with E-state index in [0.29, 0.717) is 0 Å². The molecule has 1 aliphatic rings. The Morgan fingerprint density at radius 1 is 1.22 bits per heavy atom. The molecule has 1 aliphatic heterocycles. The van der Waals surface area contributed by atoms with Gasteiger partial charge in [-0.25, -0.2) is 8.42 Å². The van der Waals surface area contributed by atoms with E-state index in [0.717, 1.165) is 11.1 Å². The SMILES string of the molecule is CCS(=O)(=O)N1Cc2ccccc2C[C@@H]1C(=O)Nc1cccc([N+](=O)[O-])c1. The van der Waals surface area contributed by atoms with Gasteiger partial charge in [0, 0.05) is 24.4 Å². The molecule has 1 heterocycles. The second-order valence-corrected chi connectivity index (χ2v) is 8.44. The number of carbonyl (C=O) groups is 1. The normalized spacial score (nSPS) is 17.1. The highest BCUT2D eigenvalue weighted by molar-refractivity contribution is 7.89. The van der Waals surface area contributed by atoms with Crippen molar-refractivity contribution in [2.45, 2.75) is 25.9 Å². The Balaban J connectivity index is 1.91. The molecule has 2 aromatic rings. The predicted octanol–water partition coefficient (Wildman–Crippen LogP) is 2.31. The average molecular weight is 389 g/mol. The van der Waals surface area contributed by atoms with Crippen LogP contribution in [-0.4, -0.2) is 35.3 Å². The number of hydrogen-bond acceptors (Lipinski definition) is 5. The smallest absolute Gasteiger partial charge is 0.271 e. The number of rotatable bonds is 5. The van der Waals surface area contributed by atoms with Gasteiger partial charge in [0.15, 0.2) is 0 Å². The molecule has 1 amide bonds. The quantitative estimate of drug-likeness (QED) is 0.623. The second-order valence-electron chi connectivity index (χ2n) is 6.23. The fourth-order valence-electron chi connectivity index (χ4n) is 3.10. The number of nitrogens with one attached hydrogen (secondary N) is 1. The molecule has 0 spiro atoms. The van der Waals surface area contributed by atoms with Gasteiger partial charge < -0.3 is 5.32 Å². The lowest BCUT2D eigenvalue weighted by atomic mass is 9.95. The number of hydrogen-bond donors (Lipinski definition) is 1. The highest BCUT2D eigenvalue weighted by atomic mass is 32.2. The average Bonchev–Trinajstić information content (AvgIpc) is 2.67. The number of non-ortho nitro benzene ring substituents is 1. The van der Waals surface area contributed by atoms with Crippen LogP contribution >= 0.6 is 0 Å². The number of fused-ring (bicyclic) bond motifs is 1. The van der Waals surface area contributed by atoms with E-state index >= 15 is 0 Å². The summed E-state index contributed by atoms with van der Waals surface area (Å²) in [5.74, 6) is -0.627. The van der Waals surface area contributed by atoms with Gasteiger partial charge in [-0.15, -0.1) is 0 Å². The van der Waals surface area contributed by atoms with Crippen LogP contribution < -0.4 is 5.32 Å². The number of carbonyl (C=O) groups excluding carboxylic acids is 1. The lowest BCUT2D eigenvalue weighted by Gasteiger charge is -2.34. The summed E-state index contributed by atoms with van der Waals surface area (Å²) in [6.07, 6.45) is 0.246. The molecule has 0 unspecified atom stereocenters. The molecule has 142 valence electrons. The van der Waals surface area contributed by atoms with E-state index in [4.69, 9.17) is 0 Å². The first-order valence-electron chi connectivity index (χ1n) is 8.43. The van der Waals surface area contributed by atoms with Crippen LogP contribution in [0.4, 0.5) is 11.4 Å². The third-order valence-corrected chi connectivity index (χ3v) is 6.38. The van der Waals surface area contributed by atoms with Crippen LogP contribution in [0.25, 0.3) is 0 Å². The standard InChI is InChI=1S/C18H19N3O5S/c1-2-27(25,26)20-12-14-7-4-3-6-13(14)10-17(20)18(22)19-15-8-5-9-16(11-15)21(23)24/h3-9,11,17H,2,10,12H2,1H3,(H,19,22)/t17-/m1/s1. The van der Waals surface area contributed by atoms with E-state index in [2.05, 4.69) is 5.32 Å². The summed E-state index contributed by atoms with van der Waals surface area (Å²) >= 11 is 0. The van der Waals surface area contributed by atoms with Crippen molar-refractivity contribution >= 4 is 27.3 Å². The Labute approximate surface area is 157 Å². The van der Waals surface area contributed by atoms with Crippen LogP contribution in [0.15, 0.2) is 48.5 Å². The summed E-state index contributed by atoms with van der Waals surface area (Å²) < 4.78 is 26.3. The zero-order valence-electron chi connectivity index (χ0n) is 14.7. The van der Waals surface area contributed by atoms with Crippen molar-refractivity contribution in [3.63, 3.8) is 0 Å². The molecule has 0 aliphatic carbocycles. The molecule has 2 aromatic carbocycles. The van der Waals surface area contributed by atoms with Crippen LogP contribution in [-0.2, 0) is 27.8 Å². The lowest BCUT2D eigenvalue weighted by Crippen LogP contribution is -2.51. The fraction of sp³-hybridized carbons (Fsp3) is 0.278. The number of nitrogens with zero attached hydrogens (tertiary/aromatic N) is 2. The van der Waals surface area contributed by atoms with Gasteiger partial charge in [0.25, 0.3) is 5.69 Å². The highest BCUT2D eigenvalue weighted by Crippen LogP contribution is 2.27. The van der Waals surface area contributed by atoms with Crippen molar-refractivity contribution in [2.24, 2.45) is 0 Å². The summed E-state index contributed by atoms with van der Waals surface area (Å²) in [6, 6.07) is 12.0. The molecule has 8 nitrogen and oxygen atoms in total. The third kappa shape index (κ3) is 3.99. The number of nitro groups is 1. The maximum atomic E-state index is 12.8. The molecular weight excluding hydrogens is 370 g/mol. The summed E-state index contributed by atoms with van der Waals surface area (Å²) in [7, 11) is -3.61. The van der Waals surface area contributed by atoms with Crippen LogP contribution in [0.5, 0.6) is 0 Å². The molecule has 9 heteroatoms. The molecule has 0 saturated carbocycles. The Morgan fingerprint density at radius 2 is 1.93 bits per heavy atom. The molecule has 0 saturated heterocycles. The number of anilines is 1. The Hall–Kier alpha value is -2.78. The van der Waals surface area contributed by atoms with Crippen molar-refractivity contribution in [3.05, 3.63) is 69.8 Å². The molecule has 1 atom stereocenters. The topological polar surface area (TPSA) is 110 Å². The predicted molar refractivity (Wildman–Crippen MR) is 101 cm³/mol. The van der Waals surface area contributed by atoms with E-state index in [1.165, 1.54) is 35.5 Å². The molecule has 0 bridgehead atoms.